The number of hydrogen-bond donors (Lipinski definition) is 1. The molecule has 17 heavy (non-hydrogen) atoms. The van der Waals surface area contributed by atoms with Crippen molar-refractivity contribution in [1.82, 2.24) is 5.32 Å². The first kappa shape index (κ1) is 14.4. The number of carbonyl (C=O) groups is 1. The van der Waals surface area contributed by atoms with Crippen LogP contribution in [0.2, 0.25) is 0 Å². The maximum absolute atomic E-state index is 11.8. The van der Waals surface area contributed by atoms with Crippen LogP contribution in [-0.4, -0.2) is 23.1 Å². The molecule has 0 bridgehead atoms. The minimum absolute atomic E-state index is 0.357. The molecule has 0 heterocycles. The van der Waals surface area contributed by atoms with E-state index in [0.717, 1.165) is 31.3 Å². The summed E-state index contributed by atoms with van der Waals surface area (Å²) >= 11 is 5.85. The van der Waals surface area contributed by atoms with Gasteiger partial charge >= 0.3 is 6.09 Å². The number of nitrogens with one attached hydrogen (secondary N) is 1. The fourth-order valence-corrected chi connectivity index (χ4v) is 2.43. The molecule has 1 aliphatic carbocycles. The molecule has 1 fully saturated rings. The van der Waals surface area contributed by atoms with Gasteiger partial charge in [-0.1, -0.05) is 19.4 Å². The Morgan fingerprint density at radius 3 is 2.35 bits per heavy atom. The SMILES string of the molecule is C=C(CCl)C1(NC(=O)OC(C)(C)C)CCCC1. The third-order valence-electron chi connectivity index (χ3n) is 3.04. The Morgan fingerprint density at radius 1 is 1.41 bits per heavy atom. The van der Waals surface area contributed by atoms with Crippen LogP contribution in [0, 0.1) is 0 Å². The number of hydrogen-bond acceptors (Lipinski definition) is 2. The summed E-state index contributed by atoms with van der Waals surface area (Å²) in [6.45, 7) is 9.53. The van der Waals surface area contributed by atoms with E-state index in [2.05, 4.69) is 11.9 Å². The van der Waals surface area contributed by atoms with Crippen molar-refractivity contribution in [2.75, 3.05) is 5.88 Å². The first-order chi connectivity index (χ1) is 7.79. The van der Waals surface area contributed by atoms with Gasteiger partial charge in [-0.2, -0.15) is 0 Å². The Balaban J connectivity index is 2.68. The van der Waals surface area contributed by atoms with Crippen molar-refractivity contribution in [2.24, 2.45) is 0 Å². The second-order valence-corrected chi connectivity index (χ2v) is 5.92. The van der Waals surface area contributed by atoms with E-state index in [1.807, 2.05) is 20.8 Å². The van der Waals surface area contributed by atoms with Gasteiger partial charge in [0.05, 0.1) is 5.54 Å². The fourth-order valence-electron chi connectivity index (χ4n) is 2.17. The lowest BCUT2D eigenvalue weighted by molar-refractivity contribution is 0.0474. The highest BCUT2D eigenvalue weighted by atomic mass is 35.5. The summed E-state index contributed by atoms with van der Waals surface area (Å²) in [6.07, 6.45) is 3.60. The molecule has 0 spiro atoms. The minimum atomic E-state index is -0.480. The Bertz CT molecular complexity index is 301. The maximum atomic E-state index is 11.8. The number of carbonyl (C=O) groups excluding carboxylic acids is 1. The Morgan fingerprint density at radius 2 is 1.94 bits per heavy atom. The van der Waals surface area contributed by atoms with Gasteiger partial charge in [0, 0.05) is 5.88 Å². The minimum Gasteiger partial charge on any atom is -0.444 e. The molecule has 1 N–H and O–H groups in total. The molecular formula is C13H22ClNO2. The van der Waals surface area contributed by atoms with Crippen LogP contribution < -0.4 is 5.32 Å². The van der Waals surface area contributed by atoms with E-state index in [0.29, 0.717) is 5.88 Å². The molecule has 0 aliphatic heterocycles. The van der Waals surface area contributed by atoms with E-state index in [1.165, 1.54) is 0 Å². The van der Waals surface area contributed by atoms with Crippen molar-refractivity contribution >= 4 is 17.7 Å². The number of amides is 1. The van der Waals surface area contributed by atoms with Crippen LogP contribution in [0.1, 0.15) is 46.5 Å². The number of halogens is 1. The maximum Gasteiger partial charge on any atom is 0.408 e. The summed E-state index contributed by atoms with van der Waals surface area (Å²) < 4.78 is 5.29. The topological polar surface area (TPSA) is 38.3 Å². The van der Waals surface area contributed by atoms with Crippen LogP contribution in [0.15, 0.2) is 12.2 Å². The van der Waals surface area contributed by atoms with Crippen LogP contribution in [0.4, 0.5) is 4.79 Å². The van der Waals surface area contributed by atoms with Crippen molar-refractivity contribution in [1.29, 1.82) is 0 Å². The van der Waals surface area contributed by atoms with Gasteiger partial charge in [-0.15, -0.1) is 11.6 Å². The Hall–Kier alpha value is -0.700. The number of alkyl halides is 1. The molecule has 0 radical (unpaired) electrons. The summed E-state index contributed by atoms with van der Waals surface area (Å²) in [7, 11) is 0. The van der Waals surface area contributed by atoms with E-state index in [-0.39, 0.29) is 11.6 Å². The van der Waals surface area contributed by atoms with Crippen LogP contribution in [-0.2, 0) is 4.74 Å². The molecule has 0 aromatic carbocycles. The summed E-state index contributed by atoms with van der Waals surface area (Å²) in [5, 5.41) is 2.95. The smallest absolute Gasteiger partial charge is 0.408 e. The molecule has 0 unspecified atom stereocenters. The molecule has 1 amide bonds. The van der Waals surface area contributed by atoms with Gasteiger partial charge < -0.3 is 10.1 Å². The van der Waals surface area contributed by atoms with Gasteiger partial charge in [0.25, 0.3) is 0 Å². The van der Waals surface area contributed by atoms with Crippen LogP contribution >= 0.6 is 11.6 Å². The third kappa shape index (κ3) is 3.91. The highest BCUT2D eigenvalue weighted by Gasteiger charge is 2.38. The fraction of sp³-hybridized carbons (Fsp3) is 0.769. The van der Waals surface area contributed by atoms with Gasteiger partial charge in [0.15, 0.2) is 0 Å². The molecule has 3 nitrogen and oxygen atoms in total. The molecule has 1 saturated carbocycles. The lowest BCUT2D eigenvalue weighted by Crippen LogP contribution is -2.49. The molecule has 1 rings (SSSR count). The van der Waals surface area contributed by atoms with Crippen molar-refractivity contribution in [3.05, 3.63) is 12.2 Å². The van der Waals surface area contributed by atoms with Gasteiger partial charge in [0.2, 0.25) is 0 Å². The molecule has 1 aliphatic rings. The largest absolute Gasteiger partial charge is 0.444 e. The predicted molar refractivity (Wildman–Crippen MR) is 70.4 cm³/mol. The number of ether oxygens (including phenoxy) is 1. The summed E-state index contributed by atoms with van der Waals surface area (Å²) in [5.41, 5.74) is 0.0403. The van der Waals surface area contributed by atoms with Crippen LogP contribution in [0.25, 0.3) is 0 Å². The average molecular weight is 260 g/mol. The third-order valence-corrected chi connectivity index (χ3v) is 3.36. The standard InChI is InChI=1S/C13H22ClNO2/c1-10(9-14)13(7-5-6-8-13)15-11(16)17-12(2,3)4/h1,5-9H2,2-4H3,(H,15,16). The normalized spacial score (nSPS) is 18.8. The van der Waals surface area contributed by atoms with E-state index < -0.39 is 5.60 Å². The van der Waals surface area contributed by atoms with Gasteiger partial charge in [-0.25, -0.2) is 4.79 Å². The first-order valence-corrected chi connectivity index (χ1v) is 6.58. The van der Waals surface area contributed by atoms with Crippen molar-refractivity contribution in [3.8, 4) is 0 Å². The first-order valence-electron chi connectivity index (χ1n) is 6.04. The lowest BCUT2D eigenvalue weighted by Gasteiger charge is -2.33. The molecule has 0 atom stereocenters. The molecule has 0 saturated heterocycles. The molecule has 0 aromatic heterocycles. The second kappa shape index (κ2) is 5.30. The molecule has 4 heteroatoms. The average Bonchev–Trinajstić information content (AvgIpc) is 2.63. The zero-order chi connectivity index (χ0) is 13.1. The van der Waals surface area contributed by atoms with Crippen molar-refractivity contribution in [2.45, 2.75) is 57.6 Å². The van der Waals surface area contributed by atoms with E-state index >= 15 is 0 Å². The highest BCUT2D eigenvalue weighted by Crippen LogP contribution is 2.35. The number of alkyl carbamates (subject to hydrolysis) is 1. The summed E-state index contributed by atoms with van der Waals surface area (Å²) in [4.78, 5) is 11.8. The lowest BCUT2D eigenvalue weighted by atomic mass is 9.90. The Labute approximate surface area is 109 Å². The second-order valence-electron chi connectivity index (χ2n) is 5.65. The highest BCUT2D eigenvalue weighted by molar-refractivity contribution is 6.19. The Kier molecular flexibility index (Phi) is 4.48. The summed E-state index contributed by atoms with van der Waals surface area (Å²) in [5.74, 6) is 0.371. The molecule has 98 valence electrons. The van der Waals surface area contributed by atoms with Crippen molar-refractivity contribution < 1.29 is 9.53 Å². The van der Waals surface area contributed by atoms with Gasteiger partial charge in [-0.05, 0) is 39.2 Å². The van der Waals surface area contributed by atoms with Crippen molar-refractivity contribution in [3.63, 3.8) is 0 Å². The van der Waals surface area contributed by atoms with Crippen LogP contribution in [0.3, 0.4) is 0 Å². The predicted octanol–water partition coefficient (Wildman–Crippen LogP) is 3.62. The zero-order valence-electron chi connectivity index (χ0n) is 10.9. The van der Waals surface area contributed by atoms with Gasteiger partial charge in [-0.3, -0.25) is 0 Å². The monoisotopic (exact) mass is 259 g/mol. The zero-order valence-corrected chi connectivity index (χ0v) is 11.7. The molecular weight excluding hydrogens is 238 g/mol. The van der Waals surface area contributed by atoms with E-state index in [9.17, 15) is 4.79 Å². The van der Waals surface area contributed by atoms with E-state index in [4.69, 9.17) is 16.3 Å². The van der Waals surface area contributed by atoms with E-state index in [1.54, 1.807) is 0 Å². The molecule has 0 aromatic rings. The quantitative estimate of drug-likeness (QED) is 0.621. The number of rotatable bonds is 3. The van der Waals surface area contributed by atoms with Crippen LogP contribution in [0.5, 0.6) is 0 Å². The summed E-state index contributed by atoms with van der Waals surface area (Å²) in [6, 6.07) is 0. The van der Waals surface area contributed by atoms with Gasteiger partial charge in [0.1, 0.15) is 5.60 Å².